The van der Waals surface area contributed by atoms with Gasteiger partial charge in [0, 0.05) is 13.2 Å². The van der Waals surface area contributed by atoms with Gasteiger partial charge in [-0.25, -0.2) is 4.98 Å². The minimum absolute atomic E-state index is 0.0201. The average molecular weight is 272 g/mol. The van der Waals surface area contributed by atoms with Crippen LogP contribution in [-0.4, -0.2) is 41.6 Å². The van der Waals surface area contributed by atoms with Gasteiger partial charge >= 0.3 is 5.97 Å². The molecule has 98 valence electrons. The Morgan fingerprint density at radius 1 is 1.56 bits per heavy atom. The van der Waals surface area contributed by atoms with Crippen LogP contribution in [0.3, 0.4) is 0 Å². The van der Waals surface area contributed by atoms with Crippen molar-refractivity contribution in [1.29, 1.82) is 0 Å². The Kier molecular flexibility index (Phi) is 4.91. The van der Waals surface area contributed by atoms with Crippen LogP contribution >= 0.6 is 11.6 Å². The van der Waals surface area contributed by atoms with E-state index in [1.807, 2.05) is 0 Å². The van der Waals surface area contributed by atoms with Crippen molar-refractivity contribution < 1.29 is 14.7 Å². The summed E-state index contributed by atoms with van der Waals surface area (Å²) in [5, 5.41) is 11.5. The summed E-state index contributed by atoms with van der Waals surface area (Å²) < 4.78 is 0. The SMILES string of the molecule is C[C@@H](NC(=O)CN(C)c1ccc(Cl)cn1)C(=O)O. The largest absolute Gasteiger partial charge is 0.480 e. The lowest BCUT2D eigenvalue weighted by molar-refractivity contribution is -0.141. The summed E-state index contributed by atoms with van der Waals surface area (Å²) in [6.45, 7) is 1.42. The van der Waals surface area contributed by atoms with E-state index in [1.54, 1.807) is 24.1 Å². The molecule has 0 aromatic carbocycles. The number of hydrogen-bond acceptors (Lipinski definition) is 4. The first-order chi connectivity index (χ1) is 8.40. The number of aliphatic carboxylic acids is 1. The lowest BCUT2D eigenvalue weighted by Gasteiger charge is -2.18. The fourth-order valence-corrected chi connectivity index (χ4v) is 1.35. The fourth-order valence-electron chi connectivity index (χ4n) is 1.24. The Hall–Kier alpha value is -1.82. The molecule has 0 fully saturated rings. The van der Waals surface area contributed by atoms with Crippen LogP contribution in [-0.2, 0) is 9.59 Å². The highest BCUT2D eigenvalue weighted by Crippen LogP contribution is 2.12. The van der Waals surface area contributed by atoms with Crippen molar-refractivity contribution in [1.82, 2.24) is 10.3 Å². The maximum absolute atomic E-state index is 11.5. The second-order valence-corrected chi connectivity index (χ2v) is 4.25. The van der Waals surface area contributed by atoms with Crippen molar-refractivity contribution >= 4 is 29.3 Å². The first kappa shape index (κ1) is 14.2. The number of likely N-dealkylation sites (N-methyl/N-ethyl adjacent to an activating group) is 1. The van der Waals surface area contributed by atoms with E-state index in [9.17, 15) is 9.59 Å². The number of amides is 1. The van der Waals surface area contributed by atoms with Gasteiger partial charge in [0.1, 0.15) is 11.9 Å². The highest BCUT2D eigenvalue weighted by Gasteiger charge is 2.15. The topological polar surface area (TPSA) is 82.5 Å². The number of carbonyl (C=O) groups is 2. The van der Waals surface area contributed by atoms with E-state index in [2.05, 4.69) is 10.3 Å². The lowest BCUT2D eigenvalue weighted by atomic mass is 10.3. The molecule has 0 saturated carbocycles. The number of pyridine rings is 1. The summed E-state index contributed by atoms with van der Waals surface area (Å²) in [7, 11) is 1.68. The number of rotatable bonds is 5. The van der Waals surface area contributed by atoms with Gasteiger partial charge in [-0.1, -0.05) is 11.6 Å². The number of nitrogens with one attached hydrogen (secondary N) is 1. The number of anilines is 1. The van der Waals surface area contributed by atoms with E-state index < -0.39 is 12.0 Å². The van der Waals surface area contributed by atoms with Crippen LogP contribution in [0, 0.1) is 0 Å². The normalized spacial score (nSPS) is 11.7. The molecule has 18 heavy (non-hydrogen) atoms. The molecule has 1 heterocycles. The second-order valence-electron chi connectivity index (χ2n) is 3.82. The summed E-state index contributed by atoms with van der Waals surface area (Å²) >= 11 is 5.70. The molecule has 1 rings (SSSR count). The summed E-state index contributed by atoms with van der Waals surface area (Å²) in [5.41, 5.74) is 0. The van der Waals surface area contributed by atoms with Crippen molar-refractivity contribution in [2.24, 2.45) is 0 Å². The first-order valence-electron chi connectivity index (χ1n) is 5.25. The molecular formula is C11H14ClN3O3. The molecule has 0 aliphatic rings. The zero-order valence-corrected chi connectivity index (χ0v) is 10.8. The Morgan fingerprint density at radius 3 is 2.72 bits per heavy atom. The Bertz CT molecular complexity index is 436. The summed E-state index contributed by atoms with van der Waals surface area (Å²) in [5.74, 6) is -0.878. The smallest absolute Gasteiger partial charge is 0.325 e. The maximum atomic E-state index is 11.5. The molecule has 0 aliphatic carbocycles. The van der Waals surface area contributed by atoms with Gasteiger partial charge in [-0.2, -0.15) is 0 Å². The first-order valence-corrected chi connectivity index (χ1v) is 5.63. The highest BCUT2D eigenvalue weighted by atomic mass is 35.5. The van der Waals surface area contributed by atoms with Gasteiger partial charge in [0.25, 0.3) is 0 Å². The number of hydrogen-bond donors (Lipinski definition) is 2. The molecule has 2 N–H and O–H groups in total. The molecule has 6 nitrogen and oxygen atoms in total. The van der Waals surface area contributed by atoms with Crippen molar-refractivity contribution in [2.45, 2.75) is 13.0 Å². The summed E-state index contributed by atoms with van der Waals surface area (Å²) in [4.78, 5) is 27.8. The van der Waals surface area contributed by atoms with Gasteiger partial charge < -0.3 is 15.3 Å². The number of carboxylic acid groups (broad SMARTS) is 1. The fraction of sp³-hybridized carbons (Fsp3) is 0.364. The highest BCUT2D eigenvalue weighted by molar-refractivity contribution is 6.30. The van der Waals surface area contributed by atoms with Crippen LogP contribution in [0.2, 0.25) is 5.02 Å². The third kappa shape index (κ3) is 4.21. The number of carboxylic acids is 1. The molecular weight excluding hydrogens is 258 g/mol. The van der Waals surface area contributed by atoms with Crippen LogP contribution in [0.1, 0.15) is 6.92 Å². The van der Waals surface area contributed by atoms with Crippen molar-refractivity contribution in [3.63, 3.8) is 0 Å². The van der Waals surface area contributed by atoms with Gasteiger partial charge in [-0.15, -0.1) is 0 Å². The number of halogens is 1. The molecule has 7 heteroatoms. The van der Waals surface area contributed by atoms with Crippen LogP contribution in [0.5, 0.6) is 0 Å². The Morgan fingerprint density at radius 2 is 2.22 bits per heavy atom. The predicted octanol–water partition coefficient (Wildman–Crippen LogP) is 0.760. The van der Waals surface area contributed by atoms with E-state index in [0.29, 0.717) is 10.8 Å². The monoisotopic (exact) mass is 271 g/mol. The number of nitrogens with zero attached hydrogens (tertiary/aromatic N) is 2. The number of aromatic nitrogens is 1. The van der Waals surface area contributed by atoms with E-state index in [1.165, 1.54) is 13.1 Å². The minimum atomic E-state index is -1.07. The third-order valence-electron chi connectivity index (χ3n) is 2.23. The Balaban J connectivity index is 2.54. The molecule has 0 saturated heterocycles. The molecule has 1 atom stereocenters. The summed E-state index contributed by atoms with van der Waals surface area (Å²) in [6.07, 6.45) is 1.48. The predicted molar refractivity (Wildman–Crippen MR) is 67.8 cm³/mol. The van der Waals surface area contributed by atoms with Crippen LogP contribution in [0.4, 0.5) is 5.82 Å². The standard InChI is InChI=1S/C11H14ClN3O3/c1-7(11(17)18)14-10(16)6-15(2)9-4-3-8(12)5-13-9/h3-5,7H,6H2,1-2H3,(H,14,16)(H,17,18)/t7-/m1/s1. The van der Waals surface area contributed by atoms with Crippen LogP contribution < -0.4 is 10.2 Å². The Labute approximate surface area is 110 Å². The number of carbonyl (C=O) groups excluding carboxylic acids is 1. The molecule has 1 aromatic heterocycles. The van der Waals surface area contributed by atoms with Crippen molar-refractivity contribution in [3.05, 3.63) is 23.4 Å². The van der Waals surface area contributed by atoms with Gasteiger partial charge in [-0.3, -0.25) is 9.59 Å². The second kappa shape index (κ2) is 6.20. The van der Waals surface area contributed by atoms with E-state index in [-0.39, 0.29) is 12.5 Å². The lowest BCUT2D eigenvalue weighted by Crippen LogP contribution is -2.43. The van der Waals surface area contributed by atoms with E-state index >= 15 is 0 Å². The molecule has 1 amide bonds. The van der Waals surface area contributed by atoms with Crippen molar-refractivity contribution in [3.8, 4) is 0 Å². The maximum Gasteiger partial charge on any atom is 0.325 e. The third-order valence-corrected chi connectivity index (χ3v) is 2.46. The molecule has 0 bridgehead atoms. The molecule has 0 aliphatic heterocycles. The molecule has 1 aromatic rings. The minimum Gasteiger partial charge on any atom is -0.480 e. The zero-order valence-electron chi connectivity index (χ0n) is 10.1. The summed E-state index contributed by atoms with van der Waals surface area (Å²) in [6, 6.07) is 2.43. The van der Waals surface area contributed by atoms with E-state index in [4.69, 9.17) is 16.7 Å². The van der Waals surface area contributed by atoms with Gasteiger partial charge in [0.2, 0.25) is 5.91 Å². The molecule has 0 spiro atoms. The van der Waals surface area contributed by atoms with Gasteiger partial charge in [-0.05, 0) is 19.1 Å². The van der Waals surface area contributed by atoms with Crippen LogP contribution in [0.25, 0.3) is 0 Å². The van der Waals surface area contributed by atoms with Gasteiger partial charge in [0.05, 0.1) is 11.6 Å². The molecule has 0 unspecified atom stereocenters. The van der Waals surface area contributed by atoms with E-state index in [0.717, 1.165) is 0 Å². The molecule has 0 radical (unpaired) electrons. The zero-order chi connectivity index (χ0) is 13.7. The van der Waals surface area contributed by atoms with Crippen LogP contribution in [0.15, 0.2) is 18.3 Å². The van der Waals surface area contributed by atoms with Crippen molar-refractivity contribution in [2.75, 3.05) is 18.5 Å². The average Bonchev–Trinajstić information content (AvgIpc) is 2.29. The van der Waals surface area contributed by atoms with Gasteiger partial charge in [0.15, 0.2) is 0 Å². The quantitative estimate of drug-likeness (QED) is 0.826.